The summed E-state index contributed by atoms with van der Waals surface area (Å²) in [7, 11) is 0. The largest absolute Gasteiger partial charge is 0.360 e. The molecule has 0 amide bonds. The highest BCUT2D eigenvalue weighted by molar-refractivity contribution is 5.35. The lowest BCUT2D eigenvalue weighted by molar-refractivity contribution is 0.364. The summed E-state index contributed by atoms with van der Waals surface area (Å²) in [5.41, 5.74) is 2.93. The molecule has 0 spiro atoms. The van der Waals surface area contributed by atoms with Gasteiger partial charge < -0.3 is 4.52 Å². The van der Waals surface area contributed by atoms with Gasteiger partial charge in [-0.05, 0) is 25.5 Å². The van der Waals surface area contributed by atoms with Crippen LogP contribution in [0.4, 0.5) is 5.69 Å². The highest BCUT2D eigenvalue weighted by Gasteiger charge is 2.22. The van der Waals surface area contributed by atoms with E-state index in [4.69, 9.17) is 4.52 Å². The number of nitrogens with zero attached hydrogens (tertiary/aromatic N) is 3. The van der Waals surface area contributed by atoms with Crippen molar-refractivity contribution in [1.82, 2.24) is 5.16 Å². The second-order valence-corrected chi connectivity index (χ2v) is 5.14. The van der Waals surface area contributed by atoms with E-state index in [-0.39, 0.29) is 6.04 Å². The van der Waals surface area contributed by atoms with E-state index in [0.717, 1.165) is 29.1 Å². The van der Waals surface area contributed by atoms with Gasteiger partial charge in [0.2, 0.25) is 0 Å². The molecule has 2 aromatic rings. The van der Waals surface area contributed by atoms with Crippen molar-refractivity contribution in [2.24, 2.45) is 10.2 Å². The predicted octanol–water partition coefficient (Wildman–Crippen LogP) is 5.21. The minimum Gasteiger partial charge on any atom is -0.360 e. The van der Waals surface area contributed by atoms with Crippen LogP contribution in [-0.2, 0) is 6.42 Å². The maximum absolute atomic E-state index is 5.47. The van der Waals surface area contributed by atoms with Crippen molar-refractivity contribution < 1.29 is 4.52 Å². The van der Waals surface area contributed by atoms with Crippen molar-refractivity contribution in [3.8, 4) is 0 Å². The molecule has 1 atom stereocenters. The zero-order chi connectivity index (χ0) is 14.5. The van der Waals surface area contributed by atoms with E-state index in [1.54, 1.807) is 0 Å². The fourth-order valence-electron chi connectivity index (χ4n) is 2.17. The molecule has 0 radical (unpaired) electrons. The number of azo groups is 1. The molecule has 0 saturated heterocycles. The highest BCUT2D eigenvalue weighted by atomic mass is 16.5. The van der Waals surface area contributed by atoms with E-state index < -0.39 is 0 Å². The zero-order valence-corrected chi connectivity index (χ0v) is 12.5. The van der Waals surface area contributed by atoms with Crippen LogP contribution in [0.15, 0.2) is 45.1 Å². The second kappa shape index (κ2) is 6.46. The maximum atomic E-state index is 5.47. The molecule has 4 heteroatoms. The Morgan fingerprint density at radius 3 is 2.45 bits per heavy atom. The molecule has 1 aromatic carbocycles. The van der Waals surface area contributed by atoms with Gasteiger partial charge in [-0.1, -0.05) is 44.1 Å². The Kier molecular flexibility index (Phi) is 4.66. The fraction of sp³-hybridized carbons (Fsp3) is 0.438. The Morgan fingerprint density at radius 2 is 1.85 bits per heavy atom. The van der Waals surface area contributed by atoms with Gasteiger partial charge in [0.25, 0.3) is 0 Å². The third-order valence-corrected chi connectivity index (χ3v) is 3.21. The van der Waals surface area contributed by atoms with E-state index in [2.05, 4.69) is 36.2 Å². The predicted molar refractivity (Wildman–Crippen MR) is 79.3 cm³/mol. The Hall–Kier alpha value is -1.97. The fourth-order valence-corrected chi connectivity index (χ4v) is 2.17. The first-order valence-corrected chi connectivity index (χ1v) is 7.07. The van der Waals surface area contributed by atoms with Gasteiger partial charge in [-0.15, -0.1) is 0 Å². The average molecular weight is 271 g/mol. The molecule has 1 unspecified atom stereocenters. The van der Waals surface area contributed by atoms with Crippen molar-refractivity contribution in [3.05, 3.63) is 47.3 Å². The Labute approximate surface area is 119 Å². The first kappa shape index (κ1) is 14.4. The van der Waals surface area contributed by atoms with Gasteiger partial charge >= 0.3 is 0 Å². The Balaban J connectivity index is 2.26. The second-order valence-electron chi connectivity index (χ2n) is 5.14. The van der Waals surface area contributed by atoms with Crippen molar-refractivity contribution in [2.45, 2.75) is 46.1 Å². The van der Waals surface area contributed by atoms with Gasteiger partial charge in [0.1, 0.15) is 5.76 Å². The molecule has 20 heavy (non-hydrogen) atoms. The van der Waals surface area contributed by atoms with E-state index >= 15 is 0 Å². The monoisotopic (exact) mass is 271 g/mol. The molecule has 0 bridgehead atoms. The van der Waals surface area contributed by atoms with Crippen LogP contribution in [0.1, 0.15) is 56.7 Å². The summed E-state index contributed by atoms with van der Waals surface area (Å²) < 4.78 is 5.47. The Morgan fingerprint density at radius 1 is 1.15 bits per heavy atom. The van der Waals surface area contributed by atoms with Gasteiger partial charge in [0, 0.05) is 11.5 Å². The minimum atomic E-state index is -0.0474. The lowest BCUT2D eigenvalue weighted by atomic mass is 9.99. The molecule has 0 aliphatic carbocycles. The molecule has 0 fully saturated rings. The normalized spacial score (nSPS) is 13.2. The van der Waals surface area contributed by atoms with E-state index in [1.807, 2.05) is 37.3 Å². The summed E-state index contributed by atoms with van der Waals surface area (Å²) in [6.45, 7) is 8.31. The third-order valence-electron chi connectivity index (χ3n) is 3.21. The summed E-state index contributed by atoms with van der Waals surface area (Å²) in [4.78, 5) is 0. The maximum Gasteiger partial charge on any atom is 0.144 e. The molecule has 106 valence electrons. The smallest absolute Gasteiger partial charge is 0.144 e. The number of hydrogen-bond donors (Lipinski definition) is 0. The van der Waals surface area contributed by atoms with Gasteiger partial charge in [-0.25, -0.2) is 0 Å². The van der Waals surface area contributed by atoms with Gasteiger partial charge in [0.15, 0.2) is 0 Å². The first-order chi connectivity index (χ1) is 9.63. The molecule has 0 N–H and O–H groups in total. The van der Waals surface area contributed by atoms with Crippen LogP contribution < -0.4 is 0 Å². The van der Waals surface area contributed by atoms with Gasteiger partial charge in [0.05, 0.1) is 17.4 Å². The topological polar surface area (TPSA) is 50.8 Å². The van der Waals surface area contributed by atoms with Crippen molar-refractivity contribution in [3.63, 3.8) is 0 Å². The molecule has 0 saturated carbocycles. The summed E-state index contributed by atoms with van der Waals surface area (Å²) in [6.07, 6.45) is 0.844. The van der Waals surface area contributed by atoms with Crippen LogP contribution in [-0.4, -0.2) is 5.16 Å². The van der Waals surface area contributed by atoms with Crippen LogP contribution in [0.2, 0.25) is 0 Å². The molecule has 2 rings (SSSR count). The molecule has 4 nitrogen and oxygen atoms in total. The number of aromatic nitrogens is 1. The highest BCUT2D eigenvalue weighted by Crippen LogP contribution is 2.31. The lowest BCUT2D eigenvalue weighted by Crippen LogP contribution is -1.99. The average Bonchev–Trinajstić information content (AvgIpc) is 2.90. The zero-order valence-electron chi connectivity index (χ0n) is 12.5. The Bertz CT molecular complexity index is 573. The molecular weight excluding hydrogens is 250 g/mol. The lowest BCUT2D eigenvalue weighted by Gasteiger charge is -2.08. The molecule has 1 heterocycles. The number of rotatable bonds is 5. The summed E-state index contributed by atoms with van der Waals surface area (Å²) in [6, 6.07) is 9.70. The van der Waals surface area contributed by atoms with Gasteiger partial charge in [-0.3, -0.25) is 0 Å². The van der Waals surface area contributed by atoms with Crippen molar-refractivity contribution in [2.75, 3.05) is 0 Å². The number of hydrogen-bond acceptors (Lipinski definition) is 4. The van der Waals surface area contributed by atoms with Gasteiger partial charge in [-0.2, -0.15) is 10.2 Å². The molecule has 0 aliphatic rings. The van der Waals surface area contributed by atoms with Crippen molar-refractivity contribution >= 4 is 5.69 Å². The van der Waals surface area contributed by atoms with E-state index in [9.17, 15) is 0 Å². The van der Waals surface area contributed by atoms with Crippen molar-refractivity contribution in [1.29, 1.82) is 0 Å². The first-order valence-electron chi connectivity index (χ1n) is 7.07. The molecule has 0 aliphatic heterocycles. The van der Waals surface area contributed by atoms with Crippen LogP contribution >= 0.6 is 0 Å². The summed E-state index contributed by atoms with van der Waals surface area (Å²) in [5, 5.41) is 12.9. The molecular formula is C16H21N3O. The van der Waals surface area contributed by atoms with Crippen LogP contribution in [0.25, 0.3) is 0 Å². The summed E-state index contributed by atoms with van der Waals surface area (Å²) in [5.74, 6) is 1.22. The standard InChI is InChI=1S/C16H21N3O/c1-5-14-15(16(11(2)3)20-19-14)12(4)17-18-13-9-7-6-8-10-13/h6-12H,5H2,1-4H3. The van der Waals surface area contributed by atoms with E-state index in [0.29, 0.717) is 5.92 Å². The van der Waals surface area contributed by atoms with Crippen LogP contribution in [0.5, 0.6) is 0 Å². The van der Waals surface area contributed by atoms with Crippen LogP contribution in [0, 0.1) is 0 Å². The number of aryl methyl sites for hydroxylation is 1. The van der Waals surface area contributed by atoms with E-state index in [1.165, 1.54) is 0 Å². The SMILES string of the molecule is CCc1noc(C(C)C)c1C(C)N=Nc1ccccc1. The molecule has 1 aromatic heterocycles. The number of benzene rings is 1. The summed E-state index contributed by atoms with van der Waals surface area (Å²) >= 11 is 0. The third kappa shape index (κ3) is 3.13. The van der Waals surface area contributed by atoms with Crippen LogP contribution in [0.3, 0.4) is 0 Å². The minimum absolute atomic E-state index is 0.0474. The quantitative estimate of drug-likeness (QED) is 0.701.